The van der Waals surface area contributed by atoms with Crippen LogP contribution in [0.15, 0.2) is 12.3 Å². The Morgan fingerprint density at radius 3 is 2.56 bits per heavy atom. The molecule has 1 unspecified atom stereocenters. The molecule has 0 bridgehead atoms. The molecule has 0 aliphatic carbocycles. The number of hydrogen-bond donors (Lipinski definition) is 1. The van der Waals surface area contributed by atoms with Crippen molar-refractivity contribution < 1.29 is 14.8 Å². The van der Waals surface area contributed by atoms with Crippen molar-refractivity contribution in [2.75, 3.05) is 0 Å². The summed E-state index contributed by atoms with van der Waals surface area (Å²) in [6, 6.07) is 0. The fourth-order valence-corrected chi connectivity index (χ4v) is 0.271. The Morgan fingerprint density at radius 1 is 1.67 bits per heavy atom. The van der Waals surface area contributed by atoms with E-state index in [1.807, 2.05) is 9.24 Å². The summed E-state index contributed by atoms with van der Waals surface area (Å²) in [6.07, 6.45) is 2.16. The van der Waals surface area contributed by atoms with Gasteiger partial charge in [0.05, 0.1) is 0 Å². The van der Waals surface area contributed by atoms with E-state index in [-0.39, 0.29) is 17.0 Å². The Morgan fingerprint density at radius 2 is 2.22 bits per heavy atom. The number of carbonyl (C=O) groups is 2. The molecule has 0 aromatic heterocycles. The minimum absolute atomic E-state index is 0.171. The first-order valence-electron chi connectivity index (χ1n) is 2.07. The molecule has 0 spiro atoms. The van der Waals surface area contributed by atoms with E-state index >= 15 is 0 Å². The van der Waals surface area contributed by atoms with Gasteiger partial charge in [0.1, 0.15) is 0 Å². The third-order valence-corrected chi connectivity index (χ3v) is 0.692. The molecule has 0 aliphatic rings. The maximum Gasteiger partial charge on any atom is 0.237 e. The monoisotopic (exact) mass is 147 g/mol. The summed E-state index contributed by atoms with van der Waals surface area (Å²) in [6.45, 7) is 0. The van der Waals surface area contributed by atoms with Crippen LogP contribution in [-0.4, -0.2) is 22.2 Å². The molecule has 0 rings (SSSR count). The quantitative estimate of drug-likeness (QED) is 0.197. The average molecular weight is 147 g/mol. The summed E-state index contributed by atoms with van der Waals surface area (Å²) in [5, 5.41) is 8.58. The Labute approximate surface area is 54.3 Å². The topological polar surface area (TPSA) is 57.6 Å². The van der Waals surface area contributed by atoms with Crippen molar-refractivity contribution in [2.45, 2.75) is 0 Å². The lowest BCUT2D eigenvalue weighted by atomic mass is 10.7. The molecule has 0 radical (unpaired) electrons. The van der Waals surface area contributed by atoms with Crippen molar-refractivity contribution in [1.82, 2.24) is 5.06 Å². The van der Waals surface area contributed by atoms with Gasteiger partial charge in [-0.2, -0.15) is 0 Å². The Balaban J connectivity index is 3.69. The van der Waals surface area contributed by atoms with Crippen molar-refractivity contribution in [3.8, 4) is 0 Å². The zero-order chi connectivity index (χ0) is 7.28. The van der Waals surface area contributed by atoms with Gasteiger partial charge in [-0.15, -0.1) is 0 Å². The van der Waals surface area contributed by atoms with E-state index < -0.39 is 0 Å². The molecule has 0 aromatic carbocycles. The molecule has 1 atom stereocenters. The number of allylic oxidation sites excluding steroid dienone is 1. The molecule has 4 nitrogen and oxygen atoms in total. The number of nitrogens with zero attached hydrogens (tertiary/aromatic N) is 1. The lowest BCUT2D eigenvalue weighted by Gasteiger charge is -1.96. The van der Waals surface area contributed by atoms with Gasteiger partial charge in [0.25, 0.3) is 0 Å². The van der Waals surface area contributed by atoms with E-state index in [9.17, 15) is 9.59 Å². The summed E-state index contributed by atoms with van der Waals surface area (Å²) in [4.78, 5) is 19.7. The second kappa shape index (κ2) is 4.18. The first kappa shape index (κ1) is 8.27. The second-order valence-corrected chi connectivity index (χ2v) is 1.77. The van der Waals surface area contributed by atoms with Gasteiger partial charge in [0, 0.05) is 12.3 Å². The normalized spacial score (nSPS) is 9.56. The Kier molecular flexibility index (Phi) is 3.84. The van der Waals surface area contributed by atoms with Gasteiger partial charge in [-0.25, -0.2) is 5.06 Å². The highest BCUT2D eigenvalue weighted by Crippen LogP contribution is 1.86. The van der Waals surface area contributed by atoms with E-state index in [2.05, 4.69) is 0 Å². The fourth-order valence-electron chi connectivity index (χ4n) is 0.185. The standard InChI is InChI=1S/C4H6NO3P/c6-3-5(8)2-1-4(7)9/h1-3,8H,9H2. The summed E-state index contributed by atoms with van der Waals surface area (Å²) >= 11 is 0. The third-order valence-electron chi connectivity index (χ3n) is 0.500. The molecule has 5 heteroatoms. The highest BCUT2D eigenvalue weighted by atomic mass is 31.0. The van der Waals surface area contributed by atoms with Crippen LogP contribution in [0.1, 0.15) is 0 Å². The minimum atomic E-state index is -0.309. The SMILES string of the molecule is O=CN(O)C=CC(=O)P. The second-order valence-electron chi connectivity index (χ2n) is 1.20. The van der Waals surface area contributed by atoms with E-state index in [1.165, 1.54) is 0 Å². The third kappa shape index (κ3) is 5.14. The van der Waals surface area contributed by atoms with Gasteiger partial charge >= 0.3 is 0 Å². The van der Waals surface area contributed by atoms with Crippen LogP contribution in [-0.2, 0) is 9.59 Å². The molecule has 0 heterocycles. The predicted octanol–water partition coefficient (Wildman–Crippen LogP) is -0.251. The van der Waals surface area contributed by atoms with E-state index in [4.69, 9.17) is 5.21 Å². The molecule has 0 aromatic rings. The predicted molar refractivity (Wildman–Crippen MR) is 33.5 cm³/mol. The molecular weight excluding hydrogens is 141 g/mol. The highest BCUT2D eigenvalue weighted by molar-refractivity contribution is 7.40. The molecule has 0 fully saturated rings. The molecule has 1 N–H and O–H groups in total. The van der Waals surface area contributed by atoms with Crippen LogP contribution in [0.3, 0.4) is 0 Å². The van der Waals surface area contributed by atoms with Crippen molar-refractivity contribution in [1.29, 1.82) is 0 Å². The van der Waals surface area contributed by atoms with Crippen LogP contribution in [0.5, 0.6) is 0 Å². The van der Waals surface area contributed by atoms with E-state index in [1.54, 1.807) is 0 Å². The lowest BCUT2D eigenvalue weighted by molar-refractivity contribution is -0.138. The molecule has 0 saturated carbocycles. The smallest absolute Gasteiger partial charge is 0.237 e. The first-order valence-corrected chi connectivity index (χ1v) is 2.64. The Bertz CT molecular complexity index is 145. The van der Waals surface area contributed by atoms with Gasteiger partial charge in [0.15, 0.2) is 5.52 Å². The maximum atomic E-state index is 10.1. The van der Waals surface area contributed by atoms with Crippen LogP contribution in [0.2, 0.25) is 0 Å². The molecule has 0 aliphatic heterocycles. The van der Waals surface area contributed by atoms with Crippen LogP contribution >= 0.6 is 9.24 Å². The Hall–Kier alpha value is -0.730. The zero-order valence-electron chi connectivity index (χ0n) is 4.52. The van der Waals surface area contributed by atoms with Crippen molar-refractivity contribution >= 4 is 21.2 Å². The highest BCUT2D eigenvalue weighted by Gasteiger charge is 1.86. The number of carbonyl (C=O) groups excluding carboxylic acids is 2. The van der Waals surface area contributed by atoms with Crippen LogP contribution < -0.4 is 0 Å². The van der Waals surface area contributed by atoms with Gasteiger partial charge in [0.2, 0.25) is 6.41 Å². The van der Waals surface area contributed by atoms with Crippen LogP contribution in [0, 0.1) is 0 Å². The van der Waals surface area contributed by atoms with Gasteiger partial charge in [-0.05, 0) is 0 Å². The van der Waals surface area contributed by atoms with Crippen molar-refractivity contribution in [3.63, 3.8) is 0 Å². The summed E-state index contributed by atoms with van der Waals surface area (Å²) in [5.41, 5.74) is -0.309. The number of rotatable bonds is 3. The summed E-state index contributed by atoms with van der Waals surface area (Å²) in [7, 11) is 1.86. The molecule has 50 valence electrons. The number of hydrogen-bond acceptors (Lipinski definition) is 3. The summed E-state index contributed by atoms with van der Waals surface area (Å²) < 4.78 is 0. The van der Waals surface area contributed by atoms with E-state index in [0.717, 1.165) is 12.3 Å². The van der Waals surface area contributed by atoms with Gasteiger partial charge in [-0.3, -0.25) is 14.8 Å². The van der Waals surface area contributed by atoms with Gasteiger partial charge in [-0.1, -0.05) is 9.24 Å². The fraction of sp³-hybridized carbons (Fsp3) is 0. The first-order chi connectivity index (χ1) is 4.16. The zero-order valence-corrected chi connectivity index (χ0v) is 5.68. The average Bonchev–Trinajstić information content (AvgIpc) is 1.83. The lowest BCUT2D eigenvalue weighted by Crippen LogP contribution is -2.07. The molecule has 9 heavy (non-hydrogen) atoms. The minimum Gasteiger partial charge on any atom is -0.290 e. The number of amides is 1. The van der Waals surface area contributed by atoms with Crippen LogP contribution in [0.4, 0.5) is 0 Å². The summed E-state index contributed by atoms with van der Waals surface area (Å²) in [5.74, 6) is 0. The van der Waals surface area contributed by atoms with Crippen molar-refractivity contribution in [3.05, 3.63) is 12.3 Å². The van der Waals surface area contributed by atoms with Gasteiger partial charge < -0.3 is 0 Å². The van der Waals surface area contributed by atoms with E-state index in [0.29, 0.717) is 0 Å². The molecular formula is C4H6NO3P. The van der Waals surface area contributed by atoms with Crippen molar-refractivity contribution in [2.24, 2.45) is 0 Å². The molecule has 1 amide bonds. The number of hydroxylamine groups is 2. The molecule has 0 saturated heterocycles. The van der Waals surface area contributed by atoms with Crippen LogP contribution in [0.25, 0.3) is 0 Å². The largest absolute Gasteiger partial charge is 0.290 e. The maximum absolute atomic E-state index is 10.1.